The van der Waals surface area contributed by atoms with E-state index >= 15 is 0 Å². The summed E-state index contributed by atoms with van der Waals surface area (Å²) in [5.41, 5.74) is -1.42. The molecule has 2 atom stereocenters. The molecular formula is C22H41N7O7S. The topological polar surface area (TPSA) is 198 Å². The minimum atomic E-state index is -1.42. The Morgan fingerprint density at radius 2 is 1.43 bits per heavy atom. The van der Waals surface area contributed by atoms with Gasteiger partial charge in [-0.1, -0.05) is 20.8 Å². The van der Waals surface area contributed by atoms with Crippen LogP contribution in [0.5, 0.6) is 0 Å². The summed E-state index contributed by atoms with van der Waals surface area (Å²) >= 11 is 1.19. The highest BCUT2D eigenvalue weighted by Gasteiger charge is 2.32. The fraction of sp³-hybridized carbons (Fsp3) is 0.727. The predicted octanol–water partition coefficient (Wildman–Crippen LogP) is -0.176. The number of nitrogens with one attached hydrogen (secondary N) is 6. The molecule has 0 aromatic carbocycles. The van der Waals surface area contributed by atoms with E-state index in [0.29, 0.717) is 18.7 Å². The molecule has 7 N–H and O–H groups in total. The maximum atomic E-state index is 13.1. The summed E-state index contributed by atoms with van der Waals surface area (Å²) in [6.07, 6.45) is 0.519. The lowest BCUT2D eigenvalue weighted by Crippen LogP contribution is -2.57. The zero-order valence-electron chi connectivity index (χ0n) is 22.4. The van der Waals surface area contributed by atoms with Crippen molar-refractivity contribution in [3.8, 4) is 0 Å². The molecule has 0 saturated heterocycles. The van der Waals surface area contributed by atoms with Gasteiger partial charge in [-0.3, -0.25) is 30.3 Å². The summed E-state index contributed by atoms with van der Waals surface area (Å²) in [5, 5.41) is 21.9. The van der Waals surface area contributed by atoms with E-state index in [1.165, 1.54) is 32.7 Å². The number of rotatable bonds is 14. The third-order valence-electron chi connectivity index (χ3n) is 4.85. The number of urea groups is 3. The molecule has 0 unspecified atom stereocenters. The van der Waals surface area contributed by atoms with Crippen LogP contribution in [0, 0.1) is 0 Å². The van der Waals surface area contributed by atoms with E-state index in [9.17, 15) is 33.9 Å². The average molecular weight is 548 g/mol. The van der Waals surface area contributed by atoms with Crippen molar-refractivity contribution in [1.29, 1.82) is 0 Å². The molecule has 15 heteroatoms. The van der Waals surface area contributed by atoms with Gasteiger partial charge in [-0.05, 0) is 33.4 Å². The SMILES string of the molecule is CCCC(=O)N[C@H](SCCN(CC)CC)C(=O)N[C@@H](CC(C)(C)O)C(=O)NC(=O)NC(=O)NC(=O)NC. The van der Waals surface area contributed by atoms with Gasteiger partial charge in [0.1, 0.15) is 6.04 Å². The first kappa shape index (κ1) is 34.1. The molecule has 14 nitrogen and oxygen atoms in total. The van der Waals surface area contributed by atoms with Gasteiger partial charge in [0, 0.05) is 32.2 Å². The van der Waals surface area contributed by atoms with Crippen molar-refractivity contribution < 1.29 is 33.9 Å². The Bertz CT molecular complexity index is 801. The van der Waals surface area contributed by atoms with Crippen LogP contribution in [0.2, 0.25) is 0 Å². The molecule has 0 radical (unpaired) electrons. The highest BCUT2D eigenvalue weighted by molar-refractivity contribution is 8.00. The van der Waals surface area contributed by atoms with Gasteiger partial charge in [0.25, 0.3) is 11.8 Å². The summed E-state index contributed by atoms with van der Waals surface area (Å²) in [5.74, 6) is -1.50. The molecule has 0 heterocycles. The number of carbonyl (C=O) groups excluding carboxylic acids is 6. The largest absolute Gasteiger partial charge is 0.390 e. The van der Waals surface area contributed by atoms with E-state index < -0.39 is 46.9 Å². The molecule has 37 heavy (non-hydrogen) atoms. The van der Waals surface area contributed by atoms with Crippen LogP contribution in [0.4, 0.5) is 14.4 Å². The quantitative estimate of drug-likeness (QED) is 0.144. The van der Waals surface area contributed by atoms with Crippen molar-refractivity contribution >= 4 is 47.6 Å². The third-order valence-corrected chi connectivity index (χ3v) is 5.93. The van der Waals surface area contributed by atoms with Gasteiger partial charge in [0.2, 0.25) is 5.91 Å². The number of hydrogen-bond donors (Lipinski definition) is 7. The lowest BCUT2D eigenvalue weighted by Gasteiger charge is -2.27. The van der Waals surface area contributed by atoms with Crippen molar-refractivity contribution in [2.75, 3.05) is 32.4 Å². The van der Waals surface area contributed by atoms with Crippen LogP contribution in [-0.2, 0) is 14.4 Å². The van der Waals surface area contributed by atoms with Crippen molar-refractivity contribution in [2.45, 2.75) is 70.9 Å². The zero-order valence-corrected chi connectivity index (χ0v) is 23.2. The molecule has 9 amide bonds. The van der Waals surface area contributed by atoms with Crippen LogP contribution >= 0.6 is 11.8 Å². The Kier molecular flexibility index (Phi) is 16.2. The van der Waals surface area contributed by atoms with Gasteiger partial charge in [0.05, 0.1) is 5.60 Å². The van der Waals surface area contributed by atoms with E-state index in [0.717, 1.165) is 13.1 Å². The molecular weight excluding hydrogens is 506 g/mol. The highest BCUT2D eigenvalue weighted by atomic mass is 32.2. The van der Waals surface area contributed by atoms with Crippen molar-refractivity contribution in [1.82, 2.24) is 36.8 Å². The second-order valence-corrected chi connectivity index (χ2v) is 9.86. The number of thioether (sulfide) groups is 1. The van der Waals surface area contributed by atoms with Gasteiger partial charge in [-0.25, -0.2) is 14.4 Å². The maximum Gasteiger partial charge on any atom is 0.330 e. The number of imide groups is 3. The Morgan fingerprint density at radius 3 is 1.95 bits per heavy atom. The monoisotopic (exact) mass is 547 g/mol. The third kappa shape index (κ3) is 15.7. The number of hydrogen-bond acceptors (Lipinski definition) is 9. The highest BCUT2D eigenvalue weighted by Crippen LogP contribution is 2.14. The van der Waals surface area contributed by atoms with Crippen LogP contribution in [0.25, 0.3) is 0 Å². The second-order valence-electron chi connectivity index (χ2n) is 8.65. The molecule has 0 fully saturated rings. The first-order valence-corrected chi connectivity index (χ1v) is 13.1. The summed E-state index contributed by atoms with van der Waals surface area (Å²) < 4.78 is 0. The number of nitrogens with zero attached hydrogens (tertiary/aromatic N) is 1. The summed E-state index contributed by atoms with van der Waals surface area (Å²) in [6.45, 7) is 11.0. The van der Waals surface area contributed by atoms with E-state index in [4.69, 9.17) is 0 Å². The van der Waals surface area contributed by atoms with E-state index in [-0.39, 0.29) is 18.7 Å². The molecule has 0 bridgehead atoms. The summed E-state index contributed by atoms with van der Waals surface area (Å²) in [6, 6.07) is -4.69. The summed E-state index contributed by atoms with van der Waals surface area (Å²) in [7, 11) is 1.26. The lowest BCUT2D eigenvalue weighted by molar-refractivity contribution is -0.131. The van der Waals surface area contributed by atoms with Crippen molar-refractivity contribution in [3.05, 3.63) is 0 Å². The van der Waals surface area contributed by atoms with E-state index in [1.54, 1.807) is 10.6 Å². The molecule has 212 valence electrons. The lowest BCUT2D eigenvalue weighted by atomic mass is 9.98. The number of amides is 9. The van der Waals surface area contributed by atoms with Gasteiger partial charge in [-0.2, -0.15) is 0 Å². The first-order valence-electron chi connectivity index (χ1n) is 12.1. The second kappa shape index (κ2) is 17.5. The van der Waals surface area contributed by atoms with E-state index in [1.807, 2.05) is 26.1 Å². The average Bonchev–Trinajstić information content (AvgIpc) is 2.79. The van der Waals surface area contributed by atoms with Crippen LogP contribution in [0.1, 0.15) is 53.9 Å². The zero-order chi connectivity index (χ0) is 28.6. The molecule has 0 saturated carbocycles. The van der Waals surface area contributed by atoms with Crippen LogP contribution < -0.4 is 31.9 Å². The number of carbonyl (C=O) groups is 6. The smallest absolute Gasteiger partial charge is 0.330 e. The van der Waals surface area contributed by atoms with Crippen LogP contribution in [0.3, 0.4) is 0 Å². The molecule has 0 aromatic rings. The van der Waals surface area contributed by atoms with E-state index in [2.05, 4.69) is 20.9 Å². The first-order chi connectivity index (χ1) is 17.3. The van der Waals surface area contributed by atoms with Gasteiger partial charge in [-0.15, -0.1) is 11.8 Å². The predicted molar refractivity (Wildman–Crippen MR) is 140 cm³/mol. The minimum Gasteiger partial charge on any atom is -0.390 e. The maximum absolute atomic E-state index is 13.1. The Balaban J connectivity index is 5.45. The minimum absolute atomic E-state index is 0.215. The molecule has 0 aliphatic rings. The Morgan fingerprint density at radius 1 is 0.865 bits per heavy atom. The Labute approximate surface area is 221 Å². The molecule has 0 aliphatic carbocycles. The van der Waals surface area contributed by atoms with Crippen LogP contribution in [-0.4, -0.2) is 95.3 Å². The van der Waals surface area contributed by atoms with Gasteiger partial charge >= 0.3 is 18.1 Å². The fourth-order valence-electron chi connectivity index (χ4n) is 2.95. The number of aliphatic hydroxyl groups is 1. The Hall–Kier alpha value is -2.91. The van der Waals surface area contributed by atoms with Gasteiger partial charge in [0.15, 0.2) is 5.37 Å². The van der Waals surface area contributed by atoms with Gasteiger partial charge < -0.3 is 26.0 Å². The molecule has 0 spiro atoms. The van der Waals surface area contributed by atoms with Crippen LogP contribution in [0.15, 0.2) is 0 Å². The normalized spacial score (nSPS) is 12.6. The van der Waals surface area contributed by atoms with Crippen molar-refractivity contribution in [2.24, 2.45) is 0 Å². The molecule has 0 aliphatic heterocycles. The standard InChI is InChI=1S/C22H41N7O7S/c1-7-10-15(30)25-18(37-12-11-29(8-2)9-3)17(32)24-14(13-22(4,5)36)16(31)26-20(34)28-21(35)27-19(33)23-6/h14,18,36H,7-13H2,1-6H3,(H,24,32)(H,25,30)(H4,23,26,27,28,31,33,34,35)/t14-,18+/m0/s1. The molecule has 0 aromatic heterocycles. The fourth-order valence-corrected chi connectivity index (χ4v) is 3.99. The summed E-state index contributed by atoms with van der Waals surface area (Å²) in [4.78, 5) is 75.0. The molecule has 0 rings (SSSR count). The van der Waals surface area contributed by atoms with Crippen molar-refractivity contribution in [3.63, 3.8) is 0 Å².